The normalized spacial score (nSPS) is 12.4. The van der Waals surface area contributed by atoms with E-state index in [1.807, 2.05) is 0 Å². The number of unbranched alkanes of at least 4 members (excludes halogenated alkanes) is 1. The molecule has 0 heterocycles. The van der Waals surface area contributed by atoms with Crippen molar-refractivity contribution < 1.29 is 19.9 Å². The fourth-order valence-corrected chi connectivity index (χ4v) is 1.22. The van der Waals surface area contributed by atoms with Crippen LogP contribution in [0.15, 0.2) is 0 Å². The third-order valence-corrected chi connectivity index (χ3v) is 2.01. The van der Waals surface area contributed by atoms with Gasteiger partial charge in [-0.25, -0.2) is 0 Å². The first-order chi connectivity index (χ1) is 4.85. The van der Waals surface area contributed by atoms with E-state index in [9.17, 15) is 0 Å². The van der Waals surface area contributed by atoms with Crippen molar-refractivity contribution >= 4 is 12.4 Å². The smallest absolute Gasteiger partial charge is 0.147 e. The summed E-state index contributed by atoms with van der Waals surface area (Å²) in [5, 5.41) is 0. The van der Waals surface area contributed by atoms with Gasteiger partial charge in [-0.05, 0) is 0 Å². The summed E-state index contributed by atoms with van der Waals surface area (Å²) in [6.45, 7) is 5.22. The average molecular weight is 225 g/mol. The van der Waals surface area contributed by atoms with Crippen molar-refractivity contribution in [3.05, 3.63) is 0 Å². The van der Waals surface area contributed by atoms with Crippen LogP contribution >= 0.6 is 12.4 Å². The Balaban J connectivity index is 0. The summed E-state index contributed by atoms with van der Waals surface area (Å²) < 4.78 is 4.78. The number of rotatable bonds is 6. The van der Waals surface area contributed by atoms with Crippen molar-refractivity contribution in [1.82, 2.24) is 0 Å². The zero-order valence-corrected chi connectivity index (χ0v) is 9.12. The Bertz CT molecular complexity index is 71.1. The van der Waals surface area contributed by atoms with Crippen molar-refractivity contribution in [2.45, 2.75) is 39.5 Å². The second-order valence-corrected chi connectivity index (χ2v) is 2.98. The van der Waals surface area contributed by atoms with E-state index in [2.05, 4.69) is 29.9 Å². The molecule has 0 bridgehead atoms. The molecule has 0 aromatic heterocycles. The van der Waals surface area contributed by atoms with Crippen LogP contribution in [0.5, 0.6) is 0 Å². The van der Waals surface area contributed by atoms with Crippen LogP contribution in [0.3, 0.4) is 0 Å². The van der Waals surface area contributed by atoms with Gasteiger partial charge in [-0.3, -0.25) is 0 Å². The van der Waals surface area contributed by atoms with E-state index in [4.69, 9.17) is 3.85 Å². The second kappa shape index (κ2) is 10.8. The zero-order chi connectivity index (χ0) is 7.82. The first-order valence-electron chi connectivity index (χ1n) is 4.06. The molecule has 72 valence electrons. The third-order valence-electron chi connectivity index (χ3n) is 1.83. The SMILES string of the molecule is CCCCC(CC)C[O][Co].Cl. The largest absolute Gasteiger partial charge is 0.147 e. The van der Waals surface area contributed by atoms with Gasteiger partial charge in [-0.2, -0.15) is 0 Å². The van der Waals surface area contributed by atoms with Gasteiger partial charge in [0.1, 0.15) is 0 Å². The van der Waals surface area contributed by atoms with E-state index in [1.54, 1.807) is 0 Å². The molecule has 1 nitrogen and oxygen atoms in total. The molecule has 0 saturated heterocycles. The Hall–Kier alpha value is 0.756. The molecular formula is C8H18ClCoO. The van der Waals surface area contributed by atoms with Gasteiger partial charge in [0.05, 0.1) is 0 Å². The third kappa shape index (κ3) is 8.66. The molecule has 0 aromatic carbocycles. The molecule has 1 atom stereocenters. The fourth-order valence-electron chi connectivity index (χ4n) is 0.977. The minimum atomic E-state index is 0. The molecule has 1 unspecified atom stereocenters. The molecule has 0 fully saturated rings. The van der Waals surface area contributed by atoms with Crippen molar-refractivity contribution in [3.8, 4) is 0 Å². The Morgan fingerprint density at radius 3 is 2.36 bits per heavy atom. The molecule has 0 aliphatic carbocycles. The summed E-state index contributed by atoms with van der Waals surface area (Å²) in [4.78, 5) is 0. The van der Waals surface area contributed by atoms with Gasteiger partial charge >= 0.3 is 72.0 Å². The standard InChI is InChI=1S/C8H17O.ClH.Co/c1-3-5-6-8(4-2)7-9;;/h8H,3-7H2,1-2H3;1H;/q-1;;+1. The predicted octanol–water partition coefficient (Wildman–Crippen LogP) is 3.10. The topological polar surface area (TPSA) is 9.23 Å². The van der Waals surface area contributed by atoms with E-state index in [1.165, 1.54) is 25.7 Å². The van der Waals surface area contributed by atoms with Crippen LogP contribution in [-0.4, -0.2) is 6.61 Å². The maximum absolute atomic E-state index is 4.78. The first kappa shape index (κ1) is 14.3. The molecule has 0 aliphatic heterocycles. The van der Waals surface area contributed by atoms with Crippen LogP contribution in [-0.2, 0) is 19.9 Å². The second-order valence-electron chi connectivity index (χ2n) is 2.68. The van der Waals surface area contributed by atoms with Crippen molar-refractivity contribution in [3.63, 3.8) is 0 Å². The van der Waals surface area contributed by atoms with Crippen molar-refractivity contribution in [2.75, 3.05) is 6.61 Å². The van der Waals surface area contributed by atoms with Crippen molar-refractivity contribution in [2.24, 2.45) is 5.92 Å². The zero-order valence-electron chi connectivity index (χ0n) is 7.26. The van der Waals surface area contributed by atoms with Crippen LogP contribution in [0.4, 0.5) is 0 Å². The van der Waals surface area contributed by atoms with Gasteiger partial charge in [-0.1, -0.05) is 0 Å². The summed E-state index contributed by atoms with van der Waals surface area (Å²) >= 11 is 3.78. The van der Waals surface area contributed by atoms with Gasteiger partial charge in [0.25, 0.3) is 0 Å². The Morgan fingerprint density at radius 1 is 1.36 bits per heavy atom. The molecular weight excluding hydrogens is 206 g/mol. The molecule has 3 heteroatoms. The molecule has 0 saturated carbocycles. The quantitative estimate of drug-likeness (QED) is 0.674. The maximum Gasteiger partial charge on any atom is -0.147 e. The molecule has 0 amide bonds. The summed E-state index contributed by atoms with van der Waals surface area (Å²) in [5.74, 6) is 0.718. The van der Waals surface area contributed by atoms with Crippen LogP contribution < -0.4 is 0 Å². The molecule has 0 aromatic rings. The van der Waals surface area contributed by atoms with Crippen LogP contribution in [0, 0.1) is 5.92 Å². The monoisotopic (exact) mass is 224 g/mol. The van der Waals surface area contributed by atoms with Gasteiger partial charge in [-0.15, -0.1) is 12.4 Å². The average Bonchev–Trinajstić information content (AvgIpc) is 1.98. The number of hydrogen-bond donors (Lipinski definition) is 0. The van der Waals surface area contributed by atoms with Gasteiger partial charge in [0.15, 0.2) is 0 Å². The summed E-state index contributed by atoms with van der Waals surface area (Å²) in [6, 6.07) is 0. The molecule has 0 aliphatic rings. The predicted molar refractivity (Wildman–Crippen MR) is 46.5 cm³/mol. The van der Waals surface area contributed by atoms with Crippen LogP contribution in [0.2, 0.25) is 0 Å². The molecule has 0 radical (unpaired) electrons. The van der Waals surface area contributed by atoms with Crippen LogP contribution in [0.25, 0.3) is 0 Å². The molecule has 0 N–H and O–H groups in total. The van der Waals surface area contributed by atoms with E-state index in [-0.39, 0.29) is 12.4 Å². The Morgan fingerprint density at radius 2 is 2.00 bits per heavy atom. The van der Waals surface area contributed by atoms with Gasteiger partial charge in [0, 0.05) is 0 Å². The van der Waals surface area contributed by atoms with E-state index in [0.29, 0.717) is 0 Å². The molecule has 0 spiro atoms. The fraction of sp³-hybridized carbons (Fsp3) is 1.00. The van der Waals surface area contributed by atoms with E-state index < -0.39 is 0 Å². The van der Waals surface area contributed by atoms with E-state index >= 15 is 0 Å². The van der Waals surface area contributed by atoms with Crippen LogP contribution in [0.1, 0.15) is 39.5 Å². The van der Waals surface area contributed by atoms with Gasteiger partial charge < -0.3 is 0 Å². The molecule has 11 heavy (non-hydrogen) atoms. The summed E-state index contributed by atoms with van der Waals surface area (Å²) in [6.07, 6.45) is 5.09. The summed E-state index contributed by atoms with van der Waals surface area (Å²) in [7, 11) is 0. The molecule has 0 rings (SSSR count). The Labute approximate surface area is 84.6 Å². The first-order valence-corrected chi connectivity index (χ1v) is 4.49. The minimum Gasteiger partial charge on any atom is -0.147 e. The summed E-state index contributed by atoms with van der Waals surface area (Å²) in [5.41, 5.74) is 0. The Kier molecular flexibility index (Phi) is 14.0. The maximum atomic E-state index is 4.78. The minimum absolute atomic E-state index is 0. The number of hydrogen-bond acceptors (Lipinski definition) is 1. The van der Waals surface area contributed by atoms with E-state index in [0.717, 1.165) is 12.5 Å². The number of halogens is 1. The van der Waals surface area contributed by atoms with Crippen molar-refractivity contribution in [1.29, 1.82) is 0 Å². The van der Waals surface area contributed by atoms with Gasteiger partial charge in [0.2, 0.25) is 0 Å².